The molecule has 8 heteroatoms. The molecule has 0 bridgehead atoms. The molecule has 0 aliphatic carbocycles. The summed E-state index contributed by atoms with van der Waals surface area (Å²) in [7, 11) is 0. The molecule has 0 spiro atoms. The predicted molar refractivity (Wildman–Crippen MR) is 142 cm³/mol. The number of aromatic hydroxyl groups is 1. The molecule has 186 valence electrons. The standard InChI is InChI=1S/C27H32N2O4S2/c1-14(2)21-20(12-16(5)22-24(21)35-26(28)29-22)34-23-19(31)13-27(15(3)4,33-25(23)32)11-10-17-6-8-18(30)9-7-17/h6-9,12,14-15,23,30H,10-11,13H2,1-5H3,(H2,28,29)/t23?,27-/m0/s1. The van der Waals surface area contributed by atoms with E-state index in [0.717, 1.165) is 31.8 Å². The molecule has 1 aromatic heterocycles. The molecule has 1 fully saturated rings. The van der Waals surface area contributed by atoms with Gasteiger partial charge in [0, 0.05) is 11.3 Å². The number of nitrogen functional groups attached to an aromatic ring is 1. The smallest absolute Gasteiger partial charge is 0.327 e. The molecule has 4 rings (SSSR count). The number of hydrogen-bond acceptors (Lipinski definition) is 8. The number of ketones is 1. The molecule has 2 heterocycles. The SMILES string of the molecule is Cc1cc(SC2C(=O)C[C@@](CCc3ccc(O)cc3)(C(C)C)OC2=O)c(C(C)C)c2sc(N)nc12. The van der Waals surface area contributed by atoms with Crippen LogP contribution >= 0.6 is 23.1 Å². The van der Waals surface area contributed by atoms with Crippen molar-refractivity contribution in [1.29, 1.82) is 0 Å². The Labute approximate surface area is 214 Å². The Kier molecular flexibility index (Phi) is 7.16. The first-order chi connectivity index (χ1) is 16.5. The van der Waals surface area contributed by atoms with Crippen molar-refractivity contribution in [3.63, 3.8) is 0 Å². The number of esters is 1. The molecular weight excluding hydrogens is 480 g/mol. The summed E-state index contributed by atoms with van der Waals surface area (Å²) in [5, 5.41) is 9.15. The molecule has 0 amide bonds. The highest BCUT2D eigenvalue weighted by molar-refractivity contribution is 8.01. The third kappa shape index (κ3) is 5.05. The van der Waals surface area contributed by atoms with Gasteiger partial charge in [0.15, 0.2) is 16.2 Å². The van der Waals surface area contributed by atoms with Crippen LogP contribution in [-0.4, -0.2) is 32.7 Å². The van der Waals surface area contributed by atoms with Gasteiger partial charge in [-0.25, -0.2) is 4.98 Å². The number of anilines is 1. The summed E-state index contributed by atoms with van der Waals surface area (Å²) in [4.78, 5) is 32.1. The van der Waals surface area contributed by atoms with Gasteiger partial charge in [-0.2, -0.15) is 0 Å². The highest BCUT2D eigenvalue weighted by Gasteiger charge is 2.49. The minimum Gasteiger partial charge on any atom is -0.508 e. The van der Waals surface area contributed by atoms with Crippen molar-refractivity contribution in [2.45, 2.75) is 75.5 Å². The van der Waals surface area contributed by atoms with Crippen molar-refractivity contribution in [3.05, 3.63) is 47.0 Å². The second-order valence-corrected chi connectivity index (χ2v) is 12.1. The van der Waals surface area contributed by atoms with E-state index in [1.165, 1.54) is 23.1 Å². The number of nitrogens with zero attached hydrogens (tertiary/aromatic N) is 1. The largest absolute Gasteiger partial charge is 0.508 e. The van der Waals surface area contributed by atoms with Gasteiger partial charge in [-0.15, -0.1) is 11.8 Å². The number of aromatic nitrogens is 1. The van der Waals surface area contributed by atoms with Gasteiger partial charge in [-0.1, -0.05) is 51.2 Å². The van der Waals surface area contributed by atoms with Gasteiger partial charge < -0.3 is 15.6 Å². The summed E-state index contributed by atoms with van der Waals surface area (Å²) in [6, 6.07) is 9.00. The molecule has 35 heavy (non-hydrogen) atoms. The number of Topliss-reactive ketones (excluding diaryl/α,β-unsaturated/α-hetero) is 1. The molecule has 1 unspecified atom stereocenters. The highest BCUT2D eigenvalue weighted by atomic mass is 32.2. The molecule has 0 saturated carbocycles. The van der Waals surface area contributed by atoms with Crippen LogP contribution in [0, 0.1) is 12.8 Å². The van der Waals surface area contributed by atoms with Crippen molar-refractivity contribution in [2.75, 3.05) is 5.73 Å². The van der Waals surface area contributed by atoms with Crippen molar-refractivity contribution in [1.82, 2.24) is 4.98 Å². The van der Waals surface area contributed by atoms with Crippen LogP contribution in [0.4, 0.5) is 5.13 Å². The number of cyclic esters (lactones) is 1. The van der Waals surface area contributed by atoms with Crippen LogP contribution in [-0.2, 0) is 20.7 Å². The summed E-state index contributed by atoms with van der Waals surface area (Å²) in [6.07, 6.45) is 1.39. The topological polar surface area (TPSA) is 103 Å². The molecule has 2 aromatic carbocycles. The van der Waals surface area contributed by atoms with Gasteiger partial charge >= 0.3 is 5.97 Å². The number of thioether (sulfide) groups is 1. The maximum Gasteiger partial charge on any atom is 0.327 e. The van der Waals surface area contributed by atoms with E-state index in [1.54, 1.807) is 12.1 Å². The van der Waals surface area contributed by atoms with Crippen LogP contribution in [0.3, 0.4) is 0 Å². The second kappa shape index (κ2) is 9.82. The Balaban J connectivity index is 1.59. The lowest BCUT2D eigenvalue weighted by Gasteiger charge is -2.41. The number of benzene rings is 2. The van der Waals surface area contributed by atoms with Gasteiger partial charge in [0.1, 0.15) is 11.4 Å². The fourth-order valence-electron chi connectivity index (χ4n) is 4.70. The summed E-state index contributed by atoms with van der Waals surface area (Å²) in [5.74, 6) is -0.191. The zero-order valence-corrected chi connectivity index (χ0v) is 22.4. The van der Waals surface area contributed by atoms with Gasteiger partial charge in [0.05, 0.1) is 10.2 Å². The van der Waals surface area contributed by atoms with Crippen LogP contribution in [0.5, 0.6) is 5.75 Å². The van der Waals surface area contributed by atoms with Gasteiger partial charge in [0.25, 0.3) is 0 Å². The number of phenolic OH excluding ortho intramolecular Hbond substituents is 1. The van der Waals surface area contributed by atoms with E-state index in [-0.39, 0.29) is 29.8 Å². The number of carbonyl (C=O) groups is 2. The summed E-state index contributed by atoms with van der Waals surface area (Å²) < 4.78 is 7.11. The predicted octanol–water partition coefficient (Wildman–Crippen LogP) is 6.02. The Morgan fingerprint density at radius 2 is 1.91 bits per heavy atom. The third-order valence-electron chi connectivity index (χ3n) is 6.81. The van der Waals surface area contributed by atoms with Crippen molar-refractivity contribution < 1.29 is 19.4 Å². The Hall–Kier alpha value is -2.58. The Bertz CT molecular complexity index is 1250. The maximum atomic E-state index is 13.4. The van der Waals surface area contributed by atoms with Gasteiger partial charge in [-0.3, -0.25) is 9.59 Å². The van der Waals surface area contributed by atoms with Crippen molar-refractivity contribution >= 4 is 50.2 Å². The fourth-order valence-corrected chi connectivity index (χ4v) is 7.20. The summed E-state index contributed by atoms with van der Waals surface area (Å²) in [6.45, 7) is 10.2. The van der Waals surface area contributed by atoms with Crippen LogP contribution < -0.4 is 5.73 Å². The lowest BCUT2D eigenvalue weighted by Crippen LogP contribution is -2.52. The molecule has 1 aliphatic heterocycles. The summed E-state index contributed by atoms with van der Waals surface area (Å²) >= 11 is 2.73. The zero-order valence-electron chi connectivity index (χ0n) is 20.8. The van der Waals surface area contributed by atoms with E-state index in [9.17, 15) is 14.7 Å². The number of ether oxygens (including phenoxy) is 1. The zero-order chi connectivity index (χ0) is 25.5. The first-order valence-corrected chi connectivity index (χ1v) is 13.6. The van der Waals surface area contributed by atoms with E-state index in [0.29, 0.717) is 18.0 Å². The minimum atomic E-state index is -0.893. The Morgan fingerprint density at radius 3 is 2.51 bits per heavy atom. The maximum absolute atomic E-state index is 13.4. The van der Waals surface area contributed by atoms with E-state index in [4.69, 9.17) is 10.5 Å². The molecule has 1 aliphatic rings. The third-order valence-corrected chi connectivity index (χ3v) is 9.01. The fraction of sp³-hybridized carbons (Fsp3) is 0.444. The molecule has 0 radical (unpaired) electrons. The number of thiazole rings is 1. The monoisotopic (exact) mass is 512 g/mol. The van der Waals surface area contributed by atoms with E-state index >= 15 is 0 Å². The van der Waals surface area contributed by atoms with Gasteiger partial charge in [0.2, 0.25) is 0 Å². The first-order valence-electron chi connectivity index (χ1n) is 11.9. The number of aryl methyl sites for hydroxylation is 2. The van der Waals surface area contributed by atoms with Crippen LogP contribution in [0.15, 0.2) is 35.2 Å². The molecule has 3 N–H and O–H groups in total. The number of carbonyl (C=O) groups excluding carboxylic acids is 2. The van der Waals surface area contributed by atoms with Gasteiger partial charge in [-0.05, 0) is 66.5 Å². The molecular formula is C27H32N2O4S2. The molecule has 2 atom stereocenters. The minimum absolute atomic E-state index is 0.0107. The number of phenols is 1. The van der Waals surface area contributed by atoms with Crippen molar-refractivity contribution in [2.24, 2.45) is 5.92 Å². The van der Waals surface area contributed by atoms with Crippen LogP contribution in [0.2, 0.25) is 0 Å². The van der Waals surface area contributed by atoms with Crippen molar-refractivity contribution in [3.8, 4) is 5.75 Å². The molecule has 6 nitrogen and oxygen atoms in total. The first kappa shape index (κ1) is 25.5. The van der Waals surface area contributed by atoms with Crippen LogP contribution in [0.25, 0.3) is 10.2 Å². The lowest BCUT2D eigenvalue weighted by molar-refractivity contribution is -0.176. The van der Waals surface area contributed by atoms with E-state index < -0.39 is 16.8 Å². The number of nitrogens with two attached hydrogens (primary N) is 1. The number of hydrogen-bond donors (Lipinski definition) is 2. The van der Waals surface area contributed by atoms with Crippen LogP contribution in [0.1, 0.15) is 63.1 Å². The van der Waals surface area contributed by atoms with E-state index in [1.807, 2.05) is 39.0 Å². The van der Waals surface area contributed by atoms with E-state index in [2.05, 4.69) is 18.8 Å². The summed E-state index contributed by atoms with van der Waals surface area (Å²) in [5.41, 5.74) is 9.11. The quantitative estimate of drug-likeness (QED) is 0.295. The highest BCUT2D eigenvalue weighted by Crippen LogP contribution is 2.44. The normalized spacial score (nSPS) is 20.7. The second-order valence-electron chi connectivity index (χ2n) is 9.94. The Morgan fingerprint density at radius 1 is 1.23 bits per heavy atom. The lowest BCUT2D eigenvalue weighted by atomic mass is 9.78. The number of fused-ring (bicyclic) bond motifs is 1. The molecule has 3 aromatic rings. The average Bonchev–Trinajstić information content (AvgIpc) is 3.17. The number of rotatable bonds is 7. The molecule has 1 saturated heterocycles. The average molecular weight is 513 g/mol.